The van der Waals surface area contributed by atoms with Gasteiger partial charge in [0.15, 0.2) is 0 Å². The highest BCUT2D eigenvalue weighted by atomic mass is 35.5. The molecule has 0 heterocycles. The zero-order valence-corrected chi connectivity index (χ0v) is 11.6. The number of amides is 1. The van der Waals surface area contributed by atoms with Gasteiger partial charge in [0.2, 0.25) is 5.91 Å². The fourth-order valence-corrected chi connectivity index (χ4v) is 2.36. The lowest BCUT2D eigenvalue weighted by Gasteiger charge is -2.21. The standard InChI is InChI=1S/C12H24N2O2.ClH/c1-9(10-5-3-4-6-10)14-12(15)7-11(8-13)16-2;/h9-11H,3-8,13H2,1-2H3,(H,14,15);1H. The lowest BCUT2D eigenvalue weighted by atomic mass is 9.99. The van der Waals surface area contributed by atoms with E-state index in [-0.39, 0.29) is 30.5 Å². The smallest absolute Gasteiger partial charge is 0.222 e. The van der Waals surface area contributed by atoms with Gasteiger partial charge in [0.25, 0.3) is 0 Å². The summed E-state index contributed by atoms with van der Waals surface area (Å²) >= 11 is 0. The second-order valence-corrected chi connectivity index (χ2v) is 4.70. The fraction of sp³-hybridized carbons (Fsp3) is 0.917. The monoisotopic (exact) mass is 264 g/mol. The first-order valence-corrected chi connectivity index (χ1v) is 6.19. The van der Waals surface area contributed by atoms with E-state index in [1.165, 1.54) is 25.7 Å². The molecule has 1 amide bonds. The van der Waals surface area contributed by atoms with Gasteiger partial charge in [0.1, 0.15) is 0 Å². The molecule has 0 saturated heterocycles. The molecule has 17 heavy (non-hydrogen) atoms. The number of hydrogen-bond acceptors (Lipinski definition) is 3. The van der Waals surface area contributed by atoms with Gasteiger partial charge in [-0.25, -0.2) is 0 Å². The topological polar surface area (TPSA) is 64.3 Å². The maximum absolute atomic E-state index is 11.7. The van der Waals surface area contributed by atoms with Gasteiger partial charge in [-0.1, -0.05) is 12.8 Å². The van der Waals surface area contributed by atoms with Gasteiger partial charge in [-0.15, -0.1) is 12.4 Å². The molecule has 1 fully saturated rings. The molecule has 0 radical (unpaired) electrons. The predicted molar refractivity (Wildman–Crippen MR) is 71.3 cm³/mol. The van der Waals surface area contributed by atoms with E-state index in [4.69, 9.17) is 10.5 Å². The van der Waals surface area contributed by atoms with Gasteiger partial charge < -0.3 is 15.8 Å². The van der Waals surface area contributed by atoms with Crippen LogP contribution in [0.2, 0.25) is 0 Å². The maximum atomic E-state index is 11.7. The lowest BCUT2D eigenvalue weighted by Crippen LogP contribution is -2.40. The first-order chi connectivity index (χ1) is 7.67. The number of nitrogens with two attached hydrogens (primary N) is 1. The molecule has 2 unspecified atom stereocenters. The van der Waals surface area contributed by atoms with Crippen LogP contribution in [0, 0.1) is 5.92 Å². The van der Waals surface area contributed by atoms with Crippen molar-refractivity contribution in [3.05, 3.63) is 0 Å². The number of nitrogens with one attached hydrogen (secondary N) is 1. The molecule has 1 rings (SSSR count). The van der Waals surface area contributed by atoms with Crippen molar-refractivity contribution in [2.24, 2.45) is 11.7 Å². The summed E-state index contributed by atoms with van der Waals surface area (Å²) in [6.45, 7) is 2.49. The van der Waals surface area contributed by atoms with Gasteiger partial charge in [-0.2, -0.15) is 0 Å². The van der Waals surface area contributed by atoms with E-state index in [0.717, 1.165) is 0 Å². The molecule has 5 heteroatoms. The quantitative estimate of drug-likeness (QED) is 0.764. The second kappa shape index (κ2) is 8.72. The van der Waals surface area contributed by atoms with Crippen LogP contribution >= 0.6 is 12.4 Å². The Hall–Kier alpha value is -0.320. The minimum absolute atomic E-state index is 0. The molecule has 2 atom stereocenters. The first kappa shape index (κ1) is 16.7. The number of halogens is 1. The van der Waals surface area contributed by atoms with Gasteiger partial charge in [-0.3, -0.25) is 4.79 Å². The normalized spacial score (nSPS) is 19.5. The summed E-state index contributed by atoms with van der Waals surface area (Å²) in [5.41, 5.74) is 5.48. The molecular weight excluding hydrogens is 240 g/mol. The zero-order chi connectivity index (χ0) is 12.0. The van der Waals surface area contributed by atoms with Crippen molar-refractivity contribution in [3.8, 4) is 0 Å². The third kappa shape index (κ3) is 5.70. The van der Waals surface area contributed by atoms with Gasteiger partial charge in [-0.05, 0) is 25.7 Å². The Morgan fingerprint density at radius 3 is 2.53 bits per heavy atom. The average molecular weight is 265 g/mol. The van der Waals surface area contributed by atoms with Crippen LogP contribution in [0.5, 0.6) is 0 Å². The third-order valence-corrected chi connectivity index (χ3v) is 3.50. The predicted octanol–water partition coefficient (Wildman–Crippen LogP) is 1.47. The van der Waals surface area contributed by atoms with Crippen LogP contribution in [0.4, 0.5) is 0 Å². The Morgan fingerprint density at radius 1 is 1.47 bits per heavy atom. The average Bonchev–Trinajstić information content (AvgIpc) is 2.79. The van der Waals surface area contributed by atoms with Crippen LogP contribution in [-0.2, 0) is 9.53 Å². The summed E-state index contributed by atoms with van der Waals surface area (Å²) in [5, 5.41) is 3.05. The number of carbonyl (C=O) groups excluding carboxylic acids is 1. The van der Waals surface area contributed by atoms with Crippen LogP contribution in [0.15, 0.2) is 0 Å². The largest absolute Gasteiger partial charge is 0.380 e. The van der Waals surface area contributed by atoms with Crippen molar-refractivity contribution in [1.29, 1.82) is 0 Å². The molecule has 0 spiro atoms. The van der Waals surface area contributed by atoms with E-state index < -0.39 is 0 Å². The summed E-state index contributed by atoms with van der Waals surface area (Å²) in [5.74, 6) is 0.708. The highest BCUT2D eigenvalue weighted by Crippen LogP contribution is 2.27. The van der Waals surface area contributed by atoms with Crippen LogP contribution in [0.3, 0.4) is 0 Å². The molecular formula is C12H25ClN2O2. The third-order valence-electron chi connectivity index (χ3n) is 3.50. The van der Waals surface area contributed by atoms with Crippen molar-refractivity contribution >= 4 is 18.3 Å². The lowest BCUT2D eigenvalue weighted by molar-refractivity contribution is -0.124. The van der Waals surface area contributed by atoms with Crippen molar-refractivity contribution in [2.75, 3.05) is 13.7 Å². The summed E-state index contributed by atoms with van der Waals surface area (Å²) < 4.78 is 5.09. The van der Waals surface area contributed by atoms with Crippen molar-refractivity contribution in [2.45, 2.75) is 51.2 Å². The Balaban J connectivity index is 0.00000256. The summed E-state index contributed by atoms with van der Waals surface area (Å²) in [7, 11) is 1.59. The highest BCUT2D eigenvalue weighted by molar-refractivity contribution is 5.85. The Morgan fingerprint density at radius 2 is 2.06 bits per heavy atom. The second-order valence-electron chi connectivity index (χ2n) is 4.70. The van der Waals surface area contributed by atoms with Crippen LogP contribution in [0.25, 0.3) is 0 Å². The number of ether oxygens (including phenoxy) is 1. The van der Waals surface area contributed by atoms with Crippen LogP contribution < -0.4 is 11.1 Å². The summed E-state index contributed by atoms with van der Waals surface area (Å²) in [4.78, 5) is 11.7. The fourth-order valence-electron chi connectivity index (χ4n) is 2.36. The molecule has 1 saturated carbocycles. The number of methoxy groups -OCH3 is 1. The Kier molecular flexibility index (Phi) is 8.56. The first-order valence-electron chi connectivity index (χ1n) is 6.19. The molecule has 102 valence electrons. The maximum Gasteiger partial charge on any atom is 0.222 e. The Bertz CT molecular complexity index is 217. The molecule has 0 aromatic rings. The van der Waals surface area contributed by atoms with E-state index in [9.17, 15) is 4.79 Å². The molecule has 3 N–H and O–H groups in total. The minimum Gasteiger partial charge on any atom is -0.380 e. The van der Waals surface area contributed by atoms with Gasteiger partial charge >= 0.3 is 0 Å². The minimum atomic E-state index is -0.157. The van der Waals surface area contributed by atoms with Gasteiger partial charge in [0.05, 0.1) is 12.5 Å². The molecule has 1 aliphatic carbocycles. The van der Waals surface area contributed by atoms with E-state index in [1.54, 1.807) is 7.11 Å². The van der Waals surface area contributed by atoms with E-state index in [2.05, 4.69) is 12.2 Å². The molecule has 0 bridgehead atoms. The Labute approximate surface area is 110 Å². The van der Waals surface area contributed by atoms with E-state index in [0.29, 0.717) is 18.9 Å². The van der Waals surface area contributed by atoms with Crippen LogP contribution in [-0.4, -0.2) is 31.7 Å². The molecule has 0 aromatic heterocycles. The van der Waals surface area contributed by atoms with E-state index >= 15 is 0 Å². The molecule has 0 aromatic carbocycles. The van der Waals surface area contributed by atoms with Crippen molar-refractivity contribution in [1.82, 2.24) is 5.32 Å². The van der Waals surface area contributed by atoms with Crippen molar-refractivity contribution < 1.29 is 9.53 Å². The number of rotatable bonds is 6. The van der Waals surface area contributed by atoms with E-state index in [1.807, 2.05) is 0 Å². The SMILES string of the molecule is COC(CN)CC(=O)NC(C)C1CCCC1.Cl. The number of hydrogen-bond donors (Lipinski definition) is 2. The summed E-state index contributed by atoms with van der Waals surface area (Å²) in [6.07, 6.45) is 5.29. The number of carbonyl (C=O) groups is 1. The van der Waals surface area contributed by atoms with Crippen LogP contribution in [0.1, 0.15) is 39.0 Å². The molecule has 1 aliphatic rings. The highest BCUT2D eigenvalue weighted by Gasteiger charge is 2.23. The molecule has 4 nitrogen and oxygen atoms in total. The summed E-state index contributed by atoms with van der Waals surface area (Å²) in [6, 6.07) is 0.283. The van der Waals surface area contributed by atoms with Gasteiger partial charge in [0, 0.05) is 19.7 Å². The molecule has 0 aliphatic heterocycles. The van der Waals surface area contributed by atoms with Crippen molar-refractivity contribution in [3.63, 3.8) is 0 Å². The zero-order valence-electron chi connectivity index (χ0n) is 10.8.